The fourth-order valence-electron chi connectivity index (χ4n) is 13.5. The highest BCUT2D eigenvalue weighted by atomic mass is 16.6. The summed E-state index contributed by atoms with van der Waals surface area (Å²) < 4.78 is 30.4. The second-order valence-electron chi connectivity index (χ2n) is 18.8. The lowest BCUT2D eigenvalue weighted by Gasteiger charge is -2.64. The summed E-state index contributed by atoms with van der Waals surface area (Å²) in [5, 5.41) is 32.1. The van der Waals surface area contributed by atoms with Crippen molar-refractivity contribution in [2.75, 3.05) is 59.5 Å². The van der Waals surface area contributed by atoms with Gasteiger partial charge in [0, 0.05) is 90.9 Å². The summed E-state index contributed by atoms with van der Waals surface area (Å²) >= 11 is 0. The van der Waals surface area contributed by atoms with Crippen molar-refractivity contribution in [1.29, 1.82) is 0 Å². The minimum atomic E-state index is -2.65. The molecule has 1 saturated carbocycles. The molecule has 3 aromatic rings. The summed E-state index contributed by atoms with van der Waals surface area (Å²) in [6, 6.07) is 10.0. The van der Waals surface area contributed by atoms with Gasteiger partial charge in [-0.05, 0) is 61.4 Å². The zero-order valence-electron chi connectivity index (χ0n) is 38.3. The maximum atomic E-state index is 15.4. The van der Waals surface area contributed by atoms with Gasteiger partial charge in [0.25, 0.3) is 5.60 Å². The number of fused-ring (bicyclic) bond motifs is 6. The van der Waals surface area contributed by atoms with E-state index in [-0.39, 0.29) is 12.3 Å². The first kappa shape index (κ1) is 45.4. The molecule has 17 nitrogen and oxygen atoms in total. The van der Waals surface area contributed by atoms with Crippen molar-refractivity contribution in [1.82, 2.24) is 14.8 Å². The summed E-state index contributed by atoms with van der Waals surface area (Å²) in [5.41, 5.74) is -1.07. The van der Waals surface area contributed by atoms with E-state index >= 15 is 9.59 Å². The van der Waals surface area contributed by atoms with Crippen LogP contribution in [0.3, 0.4) is 0 Å². The number of carbonyl (C=O) groups is 5. The normalized spacial score (nSPS) is 32.6. The van der Waals surface area contributed by atoms with Crippen LogP contribution in [0.5, 0.6) is 5.75 Å². The number of benzene rings is 2. The van der Waals surface area contributed by atoms with Crippen LogP contribution in [0, 0.1) is 11.3 Å². The van der Waals surface area contributed by atoms with Crippen molar-refractivity contribution in [3.8, 4) is 5.75 Å². The number of aromatic nitrogens is 1. The maximum absolute atomic E-state index is 15.4. The smallest absolute Gasteiger partial charge is 0.356 e. The Hall–Kier alpha value is -5.75. The Kier molecular flexibility index (Phi) is 11.2. The number of aliphatic hydroxyl groups is 2. The third-order valence-corrected chi connectivity index (χ3v) is 15.8. The molecule has 66 heavy (non-hydrogen) atoms. The topological polar surface area (TPSA) is 218 Å². The SMILES string of the molecule is CCC1=C[C@@H]2CN(C1)Cc1c([nH]c3ccccc13)[C@@](C(=O)OC)(c1cc3c(cc1OC)N(C)[C@H]1[C@@](OC(=O)C(O)C(O)C(=O)O)(C(=O)OC)[C@H](OC(C)=O)[C@]4(CC)C=CCN5CC[C@]31[C@@H]54)C2. The van der Waals surface area contributed by atoms with Gasteiger partial charge in [0.05, 0.1) is 27.4 Å². The number of hydrogen-bond donors (Lipinski definition) is 4. The predicted octanol–water partition coefficient (Wildman–Crippen LogP) is 3.11. The van der Waals surface area contributed by atoms with Gasteiger partial charge in [-0.2, -0.15) is 0 Å². The highest BCUT2D eigenvalue weighted by Crippen LogP contribution is 2.69. The number of nitrogens with one attached hydrogen (secondary N) is 1. The van der Waals surface area contributed by atoms with Crippen LogP contribution in [-0.2, 0) is 60.3 Å². The molecule has 352 valence electrons. The monoisotopic (exact) mass is 910 g/mol. The Labute approximate surface area is 382 Å². The van der Waals surface area contributed by atoms with Gasteiger partial charge in [-0.15, -0.1) is 0 Å². The van der Waals surface area contributed by atoms with Crippen molar-refractivity contribution < 1.29 is 63.0 Å². The summed E-state index contributed by atoms with van der Waals surface area (Å²) in [7, 11) is 5.73. The number of nitrogens with zero attached hydrogens (tertiary/aromatic N) is 3. The van der Waals surface area contributed by atoms with Gasteiger partial charge in [0.2, 0.25) is 0 Å². The van der Waals surface area contributed by atoms with E-state index in [1.807, 2.05) is 49.4 Å². The number of aromatic amines is 1. The number of ether oxygens (including phenoxy) is 5. The number of likely N-dealkylation sites (N-methyl/N-ethyl adjacent to an activating group) is 1. The first-order chi connectivity index (χ1) is 31.5. The molecule has 3 unspecified atom stereocenters. The maximum Gasteiger partial charge on any atom is 0.356 e. The molecule has 5 aliphatic heterocycles. The van der Waals surface area contributed by atoms with Gasteiger partial charge in [0.1, 0.15) is 11.2 Å². The average Bonchev–Trinajstić information content (AvgIpc) is 3.96. The molecule has 1 saturated heterocycles. The first-order valence-corrected chi connectivity index (χ1v) is 22.6. The van der Waals surface area contributed by atoms with Crippen LogP contribution >= 0.6 is 0 Å². The number of esters is 4. The van der Waals surface area contributed by atoms with Crippen LogP contribution < -0.4 is 9.64 Å². The molecule has 2 fully saturated rings. The number of rotatable bonds is 11. The molecule has 1 spiro atoms. The number of methoxy groups -OCH3 is 3. The molecule has 2 bridgehead atoms. The summed E-state index contributed by atoms with van der Waals surface area (Å²) in [5.74, 6) is -5.73. The number of aliphatic carboxylic acids is 1. The summed E-state index contributed by atoms with van der Waals surface area (Å²) in [6.45, 7) is 8.22. The van der Waals surface area contributed by atoms with E-state index in [2.05, 4.69) is 33.8 Å². The molecule has 0 radical (unpaired) electrons. The standard InChI is InChI=1S/C49H58N4O13/c1-8-27-19-28-22-48(44(60)63-6,38-30(25-52(23-27)24-28)29-13-10-11-14-33(29)50-38)32-20-31-34(21-35(32)62-5)51(4)42-47(31)16-18-53-17-12-15-46(9-2,41(47)53)43(65-26(3)54)49(42,45(61)64-7)66-40(59)37(56)36(55)39(57)58/h10-15,19-21,28,36-37,41-43,50,55-56H,8-9,16-18,22-25H2,1-7H3,(H,57,58)/t28-,36?,37?,41-,42+,43+,46+,47+,48-,49-/m0/s1. The molecule has 9 rings (SSSR count). The third kappa shape index (κ3) is 6.08. The van der Waals surface area contributed by atoms with Crippen LogP contribution in [0.1, 0.15) is 68.8 Å². The second-order valence-corrected chi connectivity index (χ2v) is 18.8. The zero-order chi connectivity index (χ0) is 47.2. The fourth-order valence-corrected chi connectivity index (χ4v) is 13.5. The van der Waals surface area contributed by atoms with Crippen LogP contribution in [0.4, 0.5) is 5.69 Å². The quantitative estimate of drug-likeness (QED) is 0.124. The summed E-state index contributed by atoms with van der Waals surface area (Å²) in [6.07, 6.45) is 0.973. The number of anilines is 1. The van der Waals surface area contributed by atoms with Gasteiger partial charge < -0.3 is 48.9 Å². The zero-order valence-corrected chi connectivity index (χ0v) is 38.3. The minimum Gasteiger partial charge on any atom is -0.496 e. The number of aliphatic hydroxyl groups excluding tert-OH is 2. The van der Waals surface area contributed by atoms with Gasteiger partial charge in [-0.25, -0.2) is 14.4 Å². The molecular weight excluding hydrogens is 853 g/mol. The van der Waals surface area contributed by atoms with E-state index in [9.17, 15) is 29.7 Å². The summed E-state index contributed by atoms with van der Waals surface area (Å²) in [4.78, 5) is 80.2. The molecule has 6 aliphatic rings. The Morgan fingerprint density at radius 3 is 2.36 bits per heavy atom. The Balaban J connectivity index is 1.37. The van der Waals surface area contributed by atoms with Crippen LogP contribution in [0.25, 0.3) is 10.9 Å². The molecule has 11 atom stereocenters. The molecule has 4 N–H and O–H groups in total. The number of carboxylic acid groups (broad SMARTS) is 1. The molecule has 0 amide bonds. The number of carbonyl (C=O) groups excluding carboxylic acids is 4. The molecular formula is C49H58N4O13. The molecule has 17 heteroatoms. The largest absolute Gasteiger partial charge is 0.496 e. The molecule has 1 aliphatic carbocycles. The van der Waals surface area contributed by atoms with Crippen molar-refractivity contribution in [3.63, 3.8) is 0 Å². The van der Waals surface area contributed by atoms with Gasteiger partial charge in [-0.1, -0.05) is 55.8 Å². The predicted molar refractivity (Wildman–Crippen MR) is 238 cm³/mol. The minimum absolute atomic E-state index is 0.0877. The highest BCUT2D eigenvalue weighted by Gasteiger charge is 2.82. The lowest BCUT2D eigenvalue weighted by Crippen LogP contribution is -2.82. The van der Waals surface area contributed by atoms with E-state index in [0.717, 1.165) is 36.5 Å². The van der Waals surface area contributed by atoms with Crippen LogP contribution in [0.15, 0.2) is 60.2 Å². The second kappa shape index (κ2) is 16.2. The van der Waals surface area contributed by atoms with Gasteiger partial charge in [-0.3, -0.25) is 19.4 Å². The van der Waals surface area contributed by atoms with E-state index in [0.29, 0.717) is 67.3 Å². The Bertz CT molecular complexity index is 2590. The average molecular weight is 911 g/mol. The molecule has 1 aromatic heterocycles. The molecule has 2 aromatic carbocycles. The van der Waals surface area contributed by atoms with E-state index in [4.69, 9.17) is 23.7 Å². The van der Waals surface area contributed by atoms with E-state index in [1.165, 1.54) is 26.7 Å². The number of H-pyrrole nitrogens is 1. The number of carboxylic acids is 1. The Morgan fingerprint density at radius 1 is 0.955 bits per heavy atom. The Morgan fingerprint density at radius 2 is 1.70 bits per heavy atom. The first-order valence-electron chi connectivity index (χ1n) is 22.6. The van der Waals surface area contributed by atoms with Crippen LogP contribution in [-0.4, -0.2) is 151 Å². The lowest BCUT2D eigenvalue weighted by atomic mass is 9.47. The van der Waals surface area contributed by atoms with Crippen LogP contribution in [0.2, 0.25) is 0 Å². The van der Waals surface area contributed by atoms with Gasteiger partial charge >= 0.3 is 29.8 Å². The highest BCUT2D eigenvalue weighted by molar-refractivity contribution is 5.96. The third-order valence-electron chi connectivity index (χ3n) is 15.8. The number of para-hydroxylation sites is 1. The molecule has 6 heterocycles. The van der Waals surface area contributed by atoms with Crippen molar-refractivity contribution in [2.45, 2.75) is 99.8 Å². The fraction of sp³-hybridized carbons (Fsp3) is 0.531. The number of hydrogen-bond acceptors (Lipinski definition) is 15. The van der Waals surface area contributed by atoms with E-state index < -0.39 is 82.1 Å². The lowest BCUT2D eigenvalue weighted by molar-refractivity contribution is -0.244. The van der Waals surface area contributed by atoms with Crippen molar-refractivity contribution >= 4 is 46.4 Å². The van der Waals surface area contributed by atoms with E-state index in [1.54, 1.807) is 11.9 Å². The van der Waals surface area contributed by atoms with Crippen molar-refractivity contribution in [2.24, 2.45) is 11.3 Å². The van der Waals surface area contributed by atoms with Crippen molar-refractivity contribution in [3.05, 3.63) is 82.6 Å². The van der Waals surface area contributed by atoms with Gasteiger partial charge in [0.15, 0.2) is 18.3 Å².